The highest BCUT2D eigenvalue weighted by Gasteiger charge is 2.21. The van der Waals surface area contributed by atoms with Crippen LogP contribution in [0.3, 0.4) is 0 Å². The number of thiophene rings is 1. The van der Waals surface area contributed by atoms with E-state index < -0.39 is 0 Å². The van der Waals surface area contributed by atoms with E-state index in [4.69, 9.17) is 4.74 Å². The molecule has 0 aliphatic carbocycles. The lowest BCUT2D eigenvalue weighted by Crippen LogP contribution is -2.37. The van der Waals surface area contributed by atoms with Crippen molar-refractivity contribution in [1.29, 1.82) is 0 Å². The molecule has 5 rings (SSSR count). The molecule has 1 aromatic heterocycles. The summed E-state index contributed by atoms with van der Waals surface area (Å²) in [5.74, 6) is 0.990. The Labute approximate surface area is 176 Å². The van der Waals surface area contributed by atoms with Crippen LogP contribution in [0.15, 0.2) is 84.2 Å². The highest BCUT2D eigenvalue weighted by atomic mass is 32.1. The van der Waals surface area contributed by atoms with Crippen LogP contribution >= 0.6 is 11.3 Å². The standard InChI is InChI=1S/C26H25NOS/c1-2-6-22-17-20(10-11-21(22)5-1)19-27-14-12-24(13-15-27)28-25-8-3-7-23(18-25)26-9-4-16-29-26/h1-11,16-18,24H,12-15,19H2. The first-order chi connectivity index (χ1) is 14.3. The van der Waals surface area contributed by atoms with Crippen LogP contribution in [0.4, 0.5) is 0 Å². The van der Waals surface area contributed by atoms with Gasteiger partial charge < -0.3 is 4.74 Å². The summed E-state index contributed by atoms with van der Waals surface area (Å²) in [6, 6.07) is 28.2. The molecule has 3 aromatic carbocycles. The zero-order chi connectivity index (χ0) is 19.5. The molecule has 0 saturated carbocycles. The van der Waals surface area contributed by atoms with Crippen molar-refractivity contribution in [1.82, 2.24) is 4.90 Å². The molecule has 4 aromatic rings. The van der Waals surface area contributed by atoms with Gasteiger partial charge >= 0.3 is 0 Å². The predicted molar refractivity (Wildman–Crippen MR) is 123 cm³/mol. The van der Waals surface area contributed by atoms with Crippen molar-refractivity contribution < 1.29 is 4.74 Å². The van der Waals surface area contributed by atoms with Crippen molar-refractivity contribution in [2.24, 2.45) is 0 Å². The van der Waals surface area contributed by atoms with Crippen LogP contribution in [0, 0.1) is 0 Å². The fourth-order valence-electron chi connectivity index (χ4n) is 4.14. The minimum Gasteiger partial charge on any atom is -0.490 e. The molecule has 1 fully saturated rings. The second-order valence-corrected chi connectivity index (χ2v) is 8.73. The lowest BCUT2D eigenvalue weighted by Gasteiger charge is -2.32. The first kappa shape index (κ1) is 18.4. The van der Waals surface area contributed by atoms with Gasteiger partial charge in [-0.25, -0.2) is 0 Å². The summed E-state index contributed by atoms with van der Waals surface area (Å²) in [6.45, 7) is 3.19. The van der Waals surface area contributed by atoms with Gasteiger partial charge in [0.05, 0.1) is 0 Å². The summed E-state index contributed by atoms with van der Waals surface area (Å²) in [7, 11) is 0. The van der Waals surface area contributed by atoms with Gasteiger partial charge in [-0.15, -0.1) is 11.3 Å². The quantitative estimate of drug-likeness (QED) is 0.374. The average Bonchev–Trinajstić information content (AvgIpc) is 3.30. The van der Waals surface area contributed by atoms with Gasteiger partial charge in [-0.1, -0.05) is 54.6 Å². The number of likely N-dealkylation sites (tertiary alicyclic amines) is 1. The molecule has 2 nitrogen and oxygen atoms in total. The smallest absolute Gasteiger partial charge is 0.120 e. The van der Waals surface area contributed by atoms with E-state index in [1.165, 1.54) is 26.8 Å². The number of ether oxygens (including phenoxy) is 1. The van der Waals surface area contributed by atoms with Gasteiger partial charge in [-0.05, 0) is 64.4 Å². The molecule has 3 heteroatoms. The Kier molecular flexibility index (Phi) is 5.33. The SMILES string of the molecule is c1cc(OC2CCN(Cc3ccc4ccccc4c3)CC2)cc(-c2cccs2)c1. The lowest BCUT2D eigenvalue weighted by molar-refractivity contribution is 0.0969. The largest absolute Gasteiger partial charge is 0.490 e. The third kappa shape index (κ3) is 4.36. The maximum absolute atomic E-state index is 6.33. The number of hydrogen-bond acceptors (Lipinski definition) is 3. The Morgan fingerprint density at radius 2 is 1.69 bits per heavy atom. The fourth-order valence-corrected chi connectivity index (χ4v) is 4.86. The molecule has 0 amide bonds. The lowest BCUT2D eigenvalue weighted by atomic mass is 10.0. The van der Waals surface area contributed by atoms with Gasteiger partial charge in [0.25, 0.3) is 0 Å². The van der Waals surface area contributed by atoms with E-state index in [2.05, 4.69) is 89.1 Å². The number of nitrogens with zero attached hydrogens (tertiary/aromatic N) is 1. The highest BCUT2D eigenvalue weighted by Crippen LogP contribution is 2.29. The molecule has 146 valence electrons. The summed E-state index contributed by atoms with van der Waals surface area (Å²) in [6.07, 6.45) is 2.47. The molecule has 2 heterocycles. The van der Waals surface area contributed by atoms with Gasteiger partial charge in [0.2, 0.25) is 0 Å². The minimum absolute atomic E-state index is 0.307. The van der Waals surface area contributed by atoms with Crippen molar-refractivity contribution >= 4 is 22.1 Å². The molecule has 29 heavy (non-hydrogen) atoms. The molecule has 0 unspecified atom stereocenters. The molecule has 1 saturated heterocycles. The normalized spacial score (nSPS) is 15.6. The van der Waals surface area contributed by atoms with E-state index >= 15 is 0 Å². The van der Waals surface area contributed by atoms with Crippen LogP contribution in [-0.2, 0) is 6.54 Å². The molecule has 0 spiro atoms. The van der Waals surface area contributed by atoms with Gasteiger partial charge in [0.1, 0.15) is 11.9 Å². The molecule has 0 bridgehead atoms. The number of fused-ring (bicyclic) bond motifs is 1. The van der Waals surface area contributed by atoms with Gasteiger partial charge in [-0.2, -0.15) is 0 Å². The van der Waals surface area contributed by atoms with Crippen LogP contribution in [-0.4, -0.2) is 24.1 Å². The molecular weight excluding hydrogens is 374 g/mol. The van der Waals surface area contributed by atoms with E-state index in [0.29, 0.717) is 6.10 Å². The molecular formula is C26H25NOS. The van der Waals surface area contributed by atoms with Crippen molar-refractivity contribution in [3.8, 4) is 16.2 Å². The number of hydrogen-bond donors (Lipinski definition) is 0. The Morgan fingerprint density at radius 1 is 0.828 bits per heavy atom. The average molecular weight is 400 g/mol. The highest BCUT2D eigenvalue weighted by molar-refractivity contribution is 7.13. The third-order valence-electron chi connectivity index (χ3n) is 5.70. The zero-order valence-electron chi connectivity index (χ0n) is 16.5. The van der Waals surface area contributed by atoms with Crippen LogP contribution in [0.1, 0.15) is 18.4 Å². The number of rotatable bonds is 5. The third-order valence-corrected chi connectivity index (χ3v) is 6.62. The maximum Gasteiger partial charge on any atom is 0.120 e. The Balaban J connectivity index is 1.18. The van der Waals surface area contributed by atoms with Gasteiger partial charge in [-0.3, -0.25) is 4.90 Å². The zero-order valence-corrected chi connectivity index (χ0v) is 17.3. The van der Waals surface area contributed by atoms with Gasteiger partial charge in [0, 0.05) is 24.5 Å². The summed E-state index contributed by atoms with van der Waals surface area (Å²) in [4.78, 5) is 3.84. The second kappa shape index (κ2) is 8.40. The van der Waals surface area contributed by atoms with Crippen LogP contribution in [0.2, 0.25) is 0 Å². The molecule has 1 aliphatic rings. The minimum atomic E-state index is 0.307. The van der Waals surface area contributed by atoms with Crippen molar-refractivity contribution in [3.05, 3.63) is 89.8 Å². The summed E-state index contributed by atoms with van der Waals surface area (Å²) in [5.41, 5.74) is 2.64. The molecule has 0 N–H and O–H groups in total. The van der Waals surface area contributed by atoms with E-state index in [0.717, 1.165) is 38.2 Å². The summed E-state index contributed by atoms with van der Waals surface area (Å²) in [5, 5.41) is 4.76. The van der Waals surface area contributed by atoms with E-state index in [-0.39, 0.29) is 0 Å². The van der Waals surface area contributed by atoms with Crippen LogP contribution in [0.25, 0.3) is 21.2 Å². The summed E-state index contributed by atoms with van der Waals surface area (Å²) < 4.78 is 6.33. The van der Waals surface area contributed by atoms with Crippen molar-refractivity contribution in [3.63, 3.8) is 0 Å². The van der Waals surface area contributed by atoms with Crippen LogP contribution < -0.4 is 4.74 Å². The van der Waals surface area contributed by atoms with E-state index in [1.54, 1.807) is 11.3 Å². The maximum atomic E-state index is 6.33. The number of piperidine rings is 1. The van der Waals surface area contributed by atoms with Crippen molar-refractivity contribution in [2.45, 2.75) is 25.5 Å². The Bertz CT molecular complexity index is 1080. The Hall–Kier alpha value is -2.62. The van der Waals surface area contributed by atoms with Gasteiger partial charge in [0.15, 0.2) is 0 Å². The first-order valence-corrected chi connectivity index (χ1v) is 11.2. The fraction of sp³-hybridized carbons (Fsp3) is 0.231. The molecule has 1 aliphatic heterocycles. The second-order valence-electron chi connectivity index (χ2n) is 7.78. The van der Waals surface area contributed by atoms with E-state index in [1.807, 2.05) is 0 Å². The number of benzene rings is 3. The summed E-state index contributed by atoms with van der Waals surface area (Å²) >= 11 is 1.77. The first-order valence-electron chi connectivity index (χ1n) is 10.3. The van der Waals surface area contributed by atoms with E-state index in [9.17, 15) is 0 Å². The Morgan fingerprint density at radius 3 is 2.52 bits per heavy atom. The van der Waals surface area contributed by atoms with Crippen molar-refractivity contribution in [2.75, 3.05) is 13.1 Å². The molecule has 0 radical (unpaired) electrons. The predicted octanol–water partition coefficient (Wildman–Crippen LogP) is 6.61. The van der Waals surface area contributed by atoms with Crippen LogP contribution in [0.5, 0.6) is 5.75 Å². The molecule has 0 atom stereocenters. The monoisotopic (exact) mass is 399 g/mol. The topological polar surface area (TPSA) is 12.5 Å².